The van der Waals surface area contributed by atoms with Crippen molar-refractivity contribution in [2.45, 2.75) is 25.8 Å². The van der Waals surface area contributed by atoms with Gasteiger partial charge in [0, 0.05) is 38.4 Å². The summed E-state index contributed by atoms with van der Waals surface area (Å²) in [4.78, 5) is 10.8. The first kappa shape index (κ1) is 14.1. The summed E-state index contributed by atoms with van der Waals surface area (Å²) >= 11 is 5.98. The molecule has 0 bridgehead atoms. The van der Waals surface area contributed by atoms with E-state index in [9.17, 15) is 0 Å². The molecule has 1 saturated heterocycles. The fourth-order valence-electron chi connectivity index (χ4n) is 2.72. The molecule has 0 aliphatic carbocycles. The van der Waals surface area contributed by atoms with Gasteiger partial charge in [0.05, 0.1) is 11.9 Å². The average molecular weight is 307 g/mol. The Hall–Kier alpha value is -1.82. The lowest BCUT2D eigenvalue weighted by atomic mass is 10.1. The van der Waals surface area contributed by atoms with Crippen LogP contribution < -0.4 is 10.2 Å². The molecule has 0 spiro atoms. The molecule has 1 atom stereocenters. The van der Waals surface area contributed by atoms with Crippen LogP contribution >= 0.6 is 11.6 Å². The van der Waals surface area contributed by atoms with Gasteiger partial charge in [-0.05, 0) is 19.8 Å². The van der Waals surface area contributed by atoms with Crippen LogP contribution in [-0.2, 0) is 7.05 Å². The molecular formula is C14H19ClN6. The number of halogens is 1. The van der Waals surface area contributed by atoms with Crippen LogP contribution in [0, 0.1) is 6.92 Å². The van der Waals surface area contributed by atoms with Crippen molar-refractivity contribution in [2.75, 3.05) is 23.3 Å². The first-order valence-electron chi connectivity index (χ1n) is 7.11. The Morgan fingerprint density at radius 2 is 2.24 bits per heavy atom. The predicted molar refractivity (Wildman–Crippen MR) is 83.8 cm³/mol. The van der Waals surface area contributed by atoms with Crippen molar-refractivity contribution in [2.24, 2.45) is 7.05 Å². The number of aryl methyl sites for hydroxylation is 2. The lowest BCUT2D eigenvalue weighted by molar-refractivity contribution is 0.528. The Kier molecular flexibility index (Phi) is 3.96. The van der Waals surface area contributed by atoms with Crippen LogP contribution in [0.15, 0.2) is 18.5 Å². The van der Waals surface area contributed by atoms with Gasteiger partial charge in [0.15, 0.2) is 0 Å². The molecule has 0 saturated carbocycles. The van der Waals surface area contributed by atoms with Crippen LogP contribution in [0.1, 0.15) is 18.7 Å². The number of aromatic nitrogens is 4. The molecule has 112 valence electrons. The third-order valence-corrected chi connectivity index (χ3v) is 3.83. The summed E-state index contributed by atoms with van der Waals surface area (Å²) in [6.07, 6.45) is 6.23. The minimum absolute atomic E-state index is 0.351. The number of anilines is 2. The monoisotopic (exact) mass is 306 g/mol. The number of rotatable bonds is 3. The second kappa shape index (κ2) is 5.89. The maximum atomic E-state index is 5.98. The third-order valence-electron chi connectivity index (χ3n) is 3.64. The van der Waals surface area contributed by atoms with Gasteiger partial charge < -0.3 is 10.2 Å². The Morgan fingerprint density at radius 1 is 1.38 bits per heavy atom. The molecule has 0 aromatic carbocycles. The average Bonchev–Trinajstić information content (AvgIpc) is 2.84. The Balaban J connectivity index is 1.68. The Morgan fingerprint density at radius 3 is 2.95 bits per heavy atom. The number of nitrogens with zero attached hydrogens (tertiary/aromatic N) is 5. The highest BCUT2D eigenvalue weighted by Gasteiger charge is 2.21. The van der Waals surface area contributed by atoms with Crippen LogP contribution in [-0.4, -0.2) is 38.9 Å². The van der Waals surface area contributed by atoms with Crippen LogP contribution in [0.25, 0.3) is 0 Å². The molecule has 0 radical (unpaired) electrons. The smallest absolute Gasteiger partial charge is 0.134 e. The van der Waals surface area contributed by atoms with Crippen LogP contribution in [0.5, 0.6) is 0 Å². The van der Waals surface area contributed by atoms with E-state index in [1.54, 1.807) is 6.07 Å². The highest BCUT2D eigenvalue weighted by Crippen LogP contribution is 2.21. The van der Waals surface area contributed by atoms with E-state index in [2.05, 4.69) is 25.3 Å². The third kappa shape index (κ3) is 3.44. The van der Waals surface area contributed by atoms with Gasteiger partial charge in [0.25, 0.3) is 0 Å². The van der Waals surface area contributed by atoms with Crippen molar-refractivity contribution in [1.29, 1.82) is 0 Å². The Labute approximate surface area is 129 Å². The fourth-order valence-corrected chi connectivity index (χ4v) is 2.94. The second-order valence-electron chi connectivity index (χ2n) is 5.42. The van der Waals surface area contributed by atoms with E-state index in [0.29, 0.717) is 17.0 Å². The summed E-state index contributed by atoms with van der Waals surface area (Å²) in [7, 11) is 1.94. The molecule has 3 rings (SSSR count). The van der Waals surface area contributed by atoms with E-state index in [4.69, 9.17) is 11.6 Å². The van der Waals surface area contributed by atoms with Crippen molar-refractivity contribution >= 4 is 23.1 Å². The summed E-state index contributed by atoms with van der Waals surface area (Å²) in [6.45, 7) is 3.85. The molecule has 1 N–H and O–H groups in total. The van der Waals surface area contributed by atoms with Crippen LogP contribution in [0.3, 0.4) is 0 Å². The maximum Gasteiger partial charge on any atom is 0.134 e. The molecule has 6 nitrogen and oxygen atoms in total. The van der Waals surface area contributed by atoms with Gasteiger partial charge in [-0.25, -0.2) is 9.97 Å². The van der Waals surface area contributed by atoms with Crippen molar-refractivity contribution in [3.05, 3.63) is 29.4 Å². The maximum absolute atomic E-state index is 5.98. The predicted octanol–water partition coefficient (Wildman–Crippen LogP) is 2.25. The summed E-state index contributed by atoms with van der Waals surface area (Å²) < 4.78 is 1.83. The number of piperidine rings is 1. The summed E-state index contributed by atoms with van der Waals surface area (Å²) in [5.41, 5.74) is 1.17. The number of hydrogen-bond donors (Lipinski definition) is 1. The first-order chi connectivity index (χ1) is 10.1. The molecule has 0 amide bonds. The van der Waals surface area contributed by atoms with Gasteiger partial charge in [0.1, 0.15) is 16.8 Å². The molecule has 1 aliphatic heterocycles. The summed E-state index contributed by atoms with van der Waals surface area (Å²) in [5.74, 6) is 1.48. The van der Waals surface area contributed by atoms with E-state index >= 15 is 0 Å². The van der Waals surface area contributed by atoms with E-state index in [-0.39, 0.29) is 0 Å². The van der Waals surface area contributed by atoms with E-state index in [1.807, 2.05) is 31.0 Å². The molecule has 3 heterocycles. The summed E-state index contributed by atoms with van der Waals surface area (Å²) in [6, 6.07) is 2.13. The van der Waals surface area contributed by atoms with E-state index < -0.39 is 0 Å². The number of hydrogen-bond acceptors (Lipinski definition) is 5. The van der Waals surface area contributed by atoms with Crippen molar-refractivity contribution in [3.8, 4) is 0 Å². The van der Waals surface area contributed by atoms with Crippen LogP contribution in [0.4, 0.5) is 11.5 Å². The quantitative estimate of drug-likeness (QED) is 0.881. The molecule has 1 aliphatic rings. The van der Waals surface area contributed by atoms with Gasteiger partial charge in [-0.2, -0.15) is 5.10 Å². The Bertz CT molecular complexity index is 605. The molecule has 2 aromatic heterocycles. The van der Waals surface area contributed by atoms with Gasteiger partial charge in [-0.3, -0.25) is 4.68 Å². The largest absolute Gasteiger partial charge is 0.367 e. The van der Waals surface area contributed by atoms with Gasteiger partial charge in [-0.15, -0.1) is 0 Å². The van der Waals surface area contributed by atoms with Gasteiger partial charge in [-0.1, -0.05) is 11.6 Å². The molecule has 21 heavy (non-hydrogen) atoms. The SMILES string of the molecule is Cc1nc(Cl)cc(N[C@H]2CCCN(c3cnn(C)c3)C2)n1. The zero-order valence-electron chi connectivity index (χ0n) is 12.3. The zero-order valence-corrected chi connectivity index (χ0v) is 13.0. The van der Waals surface area contributed by atoms with E-state index in [1.165, 1.54) is 5.69 Å². The topological polar surface area (TPSA) is 58.9 Å². The zero-order chi connectivity index (χ0) is 14.8. The van der Waals surface area contributed by atoms with E-state index in [0.717, 1.165) is 31.7 Å². The minimum atomic E-state index is 0.351. The van der Waals surface area contributed by atoms with Crippen molar-refractivity contribution in [1.82, 2.24) is 19.7 Å². The minimum Gasteiger partial charge on any atom is -0.367 e. The van der Waals surface area contributed by atoms with Crippen LogP contribution in [0.2, 0.25) is 5.15 Å². The van der Waals surface area contributed by atoms with Gasteiger partial charge in [0.2, 0.25) is 0 Å². The molecule has 1 fully saturated rings. The highest BCUT2D eigenvalue weighted by molar-refractivity contribution is 6.29. The lowest BCUT2D eigenvalue weighted by Crippen LogP contribution is -2.42. The number of nitrogens with one attached hydrogen (secondary N) is 1. The van der Waals surface area contributed by atoms with Gasteiger partial charge >= 0.3 is 0 Å². The lowest BCUT2D eigenvalue weighted by Gasteiger charge is -2.34. The molecule has 7 heteroatoms. The normalized spacial score (nSPS) is 18.8. The summed E-state index contributed by atoms with van der Waals surface area (Å²) in [5, 5.41) is 8.18. The second-order valence-corrected chi connectivity index (χ2v) is 5.81. The molecular weight excluding hydrogens is 288 g/mol. The molecule has 0 unspecified atom stereocenters. The highest BCUT2D eigenvalue weighted by atomic mass is 35.5. The molecule has 2 aromatic rings. The first-order valence-corrected chi connectivity index (χ1v) is 7.49. The van der Waals surface area contributed by atoms with Crippen molar-refractivity contribution in [3.63, 3.8) is 0 Å². The standard InChI is InChI=1S/C14H19ClN6/c1-10-17-13(15)6-14(18-10)19-11-4-3-5-21(8-11)12-7-16-20(2)9-12/h6-7,9,11H,3-5,8H2,1-2H3,(H,17,18,19)/t11-/m0/s1. The van der Waals surface area contributed by atoms with Crippen molar-refractivity contribution < 1.29 is 0 Å². The fraction of sp³-hybridized carbons (Fsp3) is 0.500.